The van der Waals surface area contributed by atoms with Gasteiger partial charge in [0.2, 0.25) is 5.82 Å². The summed E-state index contributed by atoms with van der Waals surface area (Å²) in [6, 6.07) is 6.51. The third-order valence-electron chi connectivity index (χ3n) is 2.57. The molecule has 1 amide bonds. The van der Waals surface area contributed by atoms with E-state index in [9.17, 15) is 9.59 Å². The van der Waals surface area contributed by atoms with Crippen LogP contribution in [0.25, 0.3) is 0 Å². The summed E-state index contributed by atoms with van der Waals surface area (Å²) in [7, 11) is 0. The van der Waals surface area contributed by atoms with Crippen LogP contribution < -0.4 is 5.32 Å². The topological polar surface area (TPSA) is 73.2 Å². The van der Waals surface area contributed by atoms with Crippen molar-refractivity contribution < 1.29 is 14.3 Å². The lowest BCUT2D eigenvalue weighted by Crippen LogP contribution is -2.20. The van der Waals surface area contributed by atoms with Crippen molar-refractivity contribution in [1.82, 2.24) is 9.55 Å². The van der Waals surface area contributed by atoms with Gasteiger partial charge in [0.1, 0.15) is 0 Å². The Kier molecular flexibility index (Phi) is 5.28. The molecule has 6 nitrogen and oxygen atoms in total. The number of anilines is 1. The van der Waals surface area contributed by atoms with E-state index >= 15 is 0 Å². The first-order valence-corrected chi connectivity index (χ1v) is 7.13. The highest BCUT2D eigenvalue weighted by molar-refractivity contribution is 6.41. The Morgan fingerprint density at radius 3 is 2.45 bits per heavy atom. The number of hydrogen-bond acceptors (Lipinski definition) is 4. The maximum absolute atomic E-state index is 12.2. The molecular weight excluding hydrogens is 353 g/mol. The fraction of sp³-hybridized carbons (Fsp3) is 0.154. The van der Waals surface area contributed by atoms with Crippen molar-refractivity contribution in [2.75, 3.05) is 5.32 Å². The fourth-order valence-corrected chi connectivity index (χ4v) is 2.05. The second-order valence-electron chi connectivity index (χ2n) is 4.17. The SMILES string of the molecule is CC(=O)OCn1c(C(=O)Nc2ccc(Cl)cc2)nc(Cl)c1Cl. The number of nitrogens with one attached hydrogen (secondary N) is 1. The van der Waals surface area contributed by atoms with Gasteiger partial charge in [-0.15, -0.1) is 0 Å². The number of benzene rings is 1. The zero-order valence-corrected chi connectivity index (χ0v) is 13.5. The Morgan fingerprint density at radius 2 is 1.86 bits per heavy atom. The fourth-order valence-electron chi connectivity index (χ4n) is 1.57. The molecular formula is C13H10Cl3N3O3. The number of esters is 1. The lowest BCUT2D eigenvalue weighted by molar-refractivity contribution is -0.144. The van der Waals surface area contributed by atoms with Gasteiger partial charge in [0.05, 0.1) is 0 Å². The minimum atomic E-state index is -0.553. The molecule has 1 aromatic heterocycles. The molecule has 1 N–H and O–H groups in total. The smallest absolute Gasteiger partial charge is 0.304 e. The van der Waals surface area contributed by atoms with Crippen molar-refractivity contribution in [3.63, 3.8) is 0 Å². The van der Waals surface area contributed by atoms with E-state index in [1.807, 2.05) is 0 Å². The van der Waals surface area contributed by atoms with Crippen molar-refractivity contribution in [1.29, 1.82) is 0 Å². The summed E-state index contributed by atoms with van der Waals surface area (Å²) < 4.78 is 6.01. The highest BCUT2D eigenvalue weighted by Gasteiger charge is 2.21. The molecule has 0 aliphatic rings. The van der Waals surface area contributed by atoms with Gasteiger partial charge in [0.15, 0.2) is 17.0 Å². The third kappa shape index (κ3) is 3.91. The van der Waals surface area contributed by atoms with Gasteiger partial charge in [-0.3, -0.25) is 14.2 Å². The molecule has 0 atom stereocenters. The van der Waals surface area contributed by atoms with Gasteiger partial charge >= 0.3 is 5.97 Å². The molecule has 0 radical (unpaired) electrons. The average Bonchev–Trinajstić information content (AvgIpc) is 2.75. The van der Waals surface area contributed by atoms with Crippen LogP contribution >= 0.6 is 34.8 Å². The lowest BCUT2D eigenvalue weighted by Gasteiger charge is -2.09. The number of carbonyl (C=O) groups excluding carboxylic acids is 2. The number of imidazole rings is 1. The van der Waals surface area contributed by atoms with Crippen LogP contribution in [0.2, 0.25) is 15.3 Å². The van der Waals surface area contributed by atoms with Gasteiger partial charge in [-0.05, 0) is 24.3 Å². The minimum Gasteiger partial charge on any atom is -0.444 e. The van der Waals surface area contributed by atoms with E-state index in [2.05, 4.69) is 10.3 Å². The van der Waals surface area contributed by atoms with E-state index in [0.717, 1.165) is 0 Å². The van der Waals surface area contributed by atoms with Crippen LogP contribution in [0, 0.1) is 0 Å². The molecule has 116 valence electrons. The molecule has 0 bridgehead atoms. The predicted octanol–water partition coefficient (Wildman–Crippen LogP) is 3.62. The standard InChI is InChI=1S/C13H10Cl3N3O3/c1-7(20)22-6-19-11(16)10(15)18-12(19)13(21)17-9-4-2-8(14)3-5-9/h2-5H,6H2,1H3,(H,17,21). The summed E-state index contributed by atoms with van der Waals surface area (Å²) in [4.78, 5) is 27.0. The van der Waals surface area contributed by atoms with Crippen molar-refractivity contribution in [3.8, 4) is 0 Å². The molecule has 1 aromatic carbocycles. The van der Waals surface area contributed by atoms with Gasteiger partial charge in [-0.1, -0.05) is 34.8 Å². The molecule has 1 heterocycles. The molecule has 0 aliphatic heterocycles. The largest absolute Gasteiger partial charge is 0.444 e. The first-order chi connectivity index (χ1) is 10.4. The van der Waals surface area contributed by atoms with Crippen molar-refractivity contribution >= 4 is 52.4 Å². The van der Waals surface area contributed by atoms with Crippen LogP contribution in [0.5, 0.6) is 0 Å². The highest BCUT2D eigenvalue weighted by Crippen LogP contribution is 2.24. The van der Waals surface area contributed by atoms with Gasteiger partial charge in [-0.2, -0.15) is 0 Å². The van der Waals surface area contributed by atoms with Crippen LogP contribution in [-0.4, -0.2) is 21.4 Å². The predicted molar refractivity (Wildman–Crippen MR) is 83.4 cm³/mol. The summed E-state index contributed by atoms with van der Waals surface area (Å²) in [6.45, 7) is 0.969. The normalized spacial score (nSPS) is 10.4. The maximum atomic E-state index is 12.2. The van der Waals surface area contributed by atoms with Crippen LogP contribution in [0.15, 0.2) is 24.3 Å². The number of halogens is 3. The molecule has 22 heavy (non-hydrogen) atoms. The Hall–Kier alpha value is -1.76. The van der Waals surface area contributed by atoms with Crippen LogP contribution in [0.4, 0.5) is 5.69 Å². The third-order valence-corrected chi connectivity index (χ3v) is 3.56. The first kappa shape index (κ1) is 16.6. The number of amides is 1. The number of hydrogen-bond donors (Lipinski definition) is 1. The zero-order valence-electron chi connectivity index (χ0n) is 11.3. The summed E-state index contributed by atoms with van der Waals surface area (Å²) in [6.07, 6.45) is 0. The Balaban J connectivity index is 2.23. The van der Waals surface area contributed by atoms with Crippen LogP contribution in [0.3, 0.4) is 0 Å². The van der Waals surface area contributed by atoms with Crippen molar-refractivity contribution in [2.24, 2.45) is 0 Å². The first-order valence-electron chi connectivity index (χ1n) is 6.00. The maximum Gasteiger partial charge on any atom is 0.304 e. The van der Waals surface area contributed by atoms with Gasteiger partial charge in [-0.25, -0.2) is 4.98 Å². The monoisotopic (exact) mass is 361 g/mol. The summed E-state index contributed by atoms with van der Waals surface area (Å²) in [5.74, 6) is -1.15. The molecule has 2 aromatic rings. The van der Waals surface area contributed by atoms with Crippen LogP contribution in [-0.2, 0) is 16.3 Å². The minimum absolute atomic E-state index is 0.00386. The van der Waals surface area contributed by atoms with Crippen LogP contribution in [0.1, 0.15) is 17.5 Å². The summed E-state index contributed by atoms with van der Waals surface area (Å²) in [5.41, 5.74) is 0.517. The molecule has 0 saturated carbocycles. The quantitative estimate of drug-likeness (QED) is 0.843. The van der Waals surface area contributed by atoms with Crippen molar-refractivity contribution in [2.45, 2.75) is 13.7 Å². The number of aromatic nitrogens is 2. The second-order valence-corrected chi connectivity index (χ2v) is 5.32. The van der Waals surface area contributed by atoms with Gasteiger partial charge in [0.25, 0.3) is 5.91 Å². The van der Waals surface area contributed by atoms with Gasteiger partial charge < -0.3 is 10.1 Å². The number of rotatable bonds is 4. The molecule has 0 spiro atoms. The zero-order chi connectivity index (χ0) is 16.3. The molecule has 0 aliphatic carbocycles. The van der Waals surface area contributed by atoms with Gasteiger partial charge in [0, 0.05) is 17.6 Å². The number of carbonyl (C=O) groups is 2. The van der Waals surface area contributed by atoms with E-state index in [4.69, 9.17) is 39.5 Å². The van der Waals surface area contributed by atoms with Crippen molar-refractivity contribution in [3.05, 3.63) is 45.4 Å². The molecule has 2 rings (SSSR count). The summed E-state index contributed by atoms with van der Waals surface area (Å²) >= 11 is 17.5. The Morgan fingerprint density at radius 1 is 1.23 bits per heavy atom. The highest BCUT2D eigenvalue weighted by atomic mass is 35.5. The van der Waals surface area contributed by atoms with E-state index in [-0.39, 0.29) is 22.9 Å². The molecule has 9 heteroatoms. The summed E-state index contributed by atoms with van der Waals surface area (Å²) in [5, 5.41) is 3.10. The number of nitrogens with zero attached hydrogens (tertiary/aromatic N) is 2. The second kappa shape index (κ2) is 7.00. The lowest BCUT2D eigenvalue weighted by atomic mass is 10.3. The van der Waals surface area contributed by atoms with E-state index in [1.54, 1.807) is 24.3 Å². The molecule has 0 fully saturated rings. The Labute approximate surface area is 140 Å². The average molecular weight is 363 g/mol. The molecule has 0 unspecified atom stereocenters. The Bertz CT molecular complexity index is 713. The van der Waals surface area contributed by atoms with E-state index in [1.165, 1.54) is 11.5 Å². The van der Waals surface area contributed by atoms with E-state index in [0.29, 0.717) is 10.7 Å². The van der Waals surface area contributed by atoms with E-state index < -0.39 is 11.9 Å². The number of ether oxygens (including phenoxy) is 1. The molecule has 0 saturated heterocycles.